The molecule has 42 heavy (non-hydrogen) atoms. The third-order valence-corrected chi connectivity index (χ3v) is 6.89. The van der Waals surface area contributed by atoms with Crippen molar-refractivity contribution in [2.45, 2.75) is 64.5 Å². The van der Waals surface area contributed by atoms with E-state index >= 15 is 0 Å². The second-order valence-electron chi connectivity index (χ2n) is 11.3. The van der Waals surface area contributed by atoms with Crippen LogP contribution in [0.4, 0.5) is 15.3 Å². The molecule has 2 aromatic rings. The summed E-state index contributed by atoms with van der Waals surface area (Å²) in [6.45, 7) is 7.58. The Morgan fingerprint density at radius 2 is 1.62 bits per heavy atom. The third kappa shape index (κ3) is 9.97. The third-order valence-electron chi connectivity index (χ3n) is 6.89. The number of carbonyl (C=O) groups excluding carboxylic acids is 4. The van der Waals surface area contributed by atoms with Crippen LogP contribution in [0, 0.1) is 0 Å². The lowest BCUT2D eigenvalue weighted by molar-refractivity contribution is -0.133. The Morgan fingerprint density at radius 3 is 2.24 bits per heavy atom. The molecule has 1 heterocycles. The zero-order valence-corrected chi connectivity index (χ0v) is 25.1. The van der Waals surface area contributed by atoms with Gasteiger partial charge in [0, 0.05) is 24.3 Å². The minimum absolute atomic E-state index is 0.0736. The van der Waals surface area contributed by atoms with Crippen molar-refractivity contribution in [3.8, 4) is 5.75 Å². The quantitative estimate of drug-likeness (QED) is 0.385. The van der Waals surface area contributed by atoms with Gasteiger partial charge in [0.2, 0.25) is 11.8 Å². The Morgan fingerprint density at radius 1 is 0.952 bits per heavy atom. The van der Waals surface area contributed by atoms with E-state index in [1.54, 1.807) is 51.0 Å². The highest BCUT2D eigenvalue weighted by molar-refractivity contribution is 5.85. The van der Waals surface area contributed by atoms with E-state index in [2.05, 4.69) is 22.9 Å². The summed E-state index contributed by atoms with van der Waals surface area (Å²) in [5.41, 5.74) is 0.906. The minimum atomic E-state index is -0.891. The molecule has 0 unspecified atom stereocenters. The van der Waals surface area contributed by atoms with E-state index in [1.165, 1.54) is 0 Å². The first-order valence-corrected chi connectivity index (χ1v) is 14.1. The van der Waals surface area contributed by atoms with Gasteiger partial charge in [-0.25, -0.2) is 9.59 Å². The molecule has 0 radical (unpaired) electrons. The summed E-state index contributed by atoms with van der Waals surface area (Å²) < 4.78 is 16.2. The Kier molecular flexibility index (Phi) is 11.2. The highest BCUT2D eigenvalue weighted by atomic mass is 16.6. The van der Waals surface area contributed by atoms with Gasteiger partial charge in [0.25, 0.3) is 0 Å². The van der Waals surface area contributed by atoms with Crippen LogP contribution < -0.4 is 20.7 Å². The molecule has 1 aliphatic heterocycles. The normalized spacial score (nSPS) is 14.4. The van der Waals surface area contributed by atoms with Crippen molar-refractivity contribution >= 4 is 29.7 Å². The van der Waals surface area contributed by atoms with E-state index < -0.39 is 23.3 Å². The number of nitrogens with one attached hydrogen (secondary N) is 3. The first kappa shape index (κ1) is 32.2. The Labute approximate surface area is 247 Å². The Hall–Kier alpha value is -4.28. The molecule has 0 spiro atoms. The largest absolute Gasteiger partial charge is 0.496 e. The average Bonchev–Trinajstić information content (AvgIpc) is 2.95. The summed E-state index contributed by atoms with van der Waals surface area (Å²) in [7, 11) is 1.55. The lowest BCUT2D eigenvalue weighted by atomic mass is 9.87. The van der Waals surface area contributed by atoms with Gasteiger partial charge in [-0.15, -0.1) is 0 Å². The number of carbonyl (C=O) groups is 4. The summed E-state index contributed by atoms with van der Waals surface area (Å²) in [6.07, 6.45) is 0.345. The number of anilines is 1. The fourth-order valence-electron chi connectivity index (χ4n) is 4.61. The number of rotatable bonds is 10. The van der Waals surface area contributed by atoms with E-state index in [-0.39, 0.29) is 31.4 Å². The van der Waals surface area contributed by atoms with Gasteiger partial charge in [-0.05, 0) is 63.8 Å². The van der Waals surface area contributed by atoms with E-state index in [1.807, 2.05) is 30.3 Å². The van der Waals surface area contributed by atoms with Crippen molar-refractivity contribution in [2.24, 2.45) is 0 Å². The summed E-state index contributed by atoms with van der Waals surface area (Å²) in [5, 5.41) is 8.28. The smallest absolute Gasteiger partial charge is 0.411 e. The van der Waals surface area contributed by atoms with Crippen LogP contribution in [0.3, 0.4) is 0 Å². The number of ether oxygens (including phenoxy) is 3. The lowest BCUT2D eigenvalue weighted by Crippen LogP contribution is -2.60. The van der Waals surface area contributed by atoms with Gasteiger partial charge in [0.15, 0.2) is 0 Å². The van der Waals surface area contributed by atoms with Gasteiger partial charge >= 0.3 is 12.2 Å². The van der Waals surface area contributed by atoms with Crippen LogP contribution in [0.1, 0.15) is 51.7 Å². The van der Waals surface area contributed by atoms with Crippen molar-refractivity contribution in [1.82, 2.24) is 15.5 Å². The van der Waals surface area contributed by atoms with Crippen LogP contribution in [0.5, 0.6) is 5.75 Å². The monoisotopic (exact) mass is 582 g/mol. The highest BCUT2D eigenvalue weighted by Crippen LogP contribution is 2.25. The van der Waals surface area contributed by atoms with Crippen molar-refractivity contribution in [3.63, 3.8) is 0 Å². The molecule has 11 nitrogen and oxygen atoms in total. The second kappa shape index (κ2) is 14.6. The topological polar surface area (TPSA) is 135 Å². The number of alkyl carbamates (subject to hydrolysis) is 1. The van der Waals surface area contributed by atoms with E-state index in [9.17, 15) is 19.2 Å². The number of piperidine rings is 1. The maximum Gasteiger partial charge on any atom is 0.411 e. The molecule has 11 heteroatoms. The SMILES string of the molecule is CCc1ccc(NC(=O)OCC2(NC(=O)Cc3ccccc3OC)CCN(C(=O)CNC(=O)OC(C)(C)C)CC2)cc1. The fourth-order valence-corrected chi connectivity index (χ4v) is 4.61. The number of benzene rings is 2. The zero-order chi connectivity index (χ0) is 30.8. The van der Waals surface area contributed by atoms with Crippen LogP contribution in [0.15, 0.2) is 48.5 Å². The van der Waals surface area contributed by atoms with Crippen LogP contribution >= 0.6 is 0 Å². The molecule has 2 aromatic carbocycles. The Bertz CT molecular complexity index is 1230. The van der Waals surface area contributed by atoms with Crippen molar-refractivity contribution in [3.05, 3.63) is 59.7 Å². The first-order chi connectivity index (χ1) is 19.9. The number of amides is 4. The predicted molar refractivity (Wildman–Crippen MR) is 158 cm³/mol. The number of likely N-dealkylation sites (tertiary alicyclic amines) is 1. The van der Waals surface area contributed by atoms with Crippen LogP contribution in [-0.2, 0) is 31.9 Å². The number of hydrogen-bond acceptors (Lipinski definition) is 7. The maximum atomic E-state index is 13.2. The number of aryl methyl sites for hydroxylation is 1. The molecule has 0 saturated carbocycles. The van der Waals surface area contributed by atoms with Crippen LogP contribution in [0.2, 0.25) is 0 Å². The molecule has 0 bridgehead atoms. The summed E-state index contributed by atoms with van der Waals surface area (Å²) >= 11 is 0. The van der Waals surface area contributed by atoms with Crippen LogP contribution in [0.25, 0.3) is 0 Å². The van der Waals surface area contributed by atoms with Gasteiger partial charge in [0.1, 0.15) is 24.5 Å². The van der Waals surface area contributed by atoms with Crippen molar-refractivity contribution in [2.75, 3.05) is 38.7 Å². The second-order valence-corrected chi connectivity index (χ2v) is 11.3. The van der Waals surface area contributed by atoms with Crippen molar-refractivity contribution in [1.29, 1.82) is 0 Å². The molecule has 1 saturated heterocycles. The van der Waals surface area contributed by atoms with E-state index in [0.717, 1.165) is 17.5 Å². The number of nitrogens with zero attached hydrogens (tertiary/aromatic N) is 1. The highest BCUT2D eigenvalue weighted by Gasteiger charge is 2.39. The predicted octanol–water partition coefficient (Wildman–Crippen LogP) is 4.05. The first-order valence-electron chi connectivity index (χ1n) is 14.1. The molecule has 1 fully saturated rings. The van der Waals surface area contributed by atoms with Crippen LogP contribution in [-0.4, -0.2) is 73.4 Å². The molecule has 3 rings (SSSR count). The van der Waals surface area contributed by atoms with Gasteiger partial charge in [-0.3, -0.25) is 14.9 Å². The Balaban J connectivity index is 1.64. The fraction of sp³-hybridized carbons (Fsp3) is 0.484. The molecule has 0 aromatic heterocycles. The number of methoxy groups -OCH3 is 1. The summed E-state index contributed by atoms with van der Waals surface area (Å²) in [5.74, 6) is 0.0679. The molecule has 4 amide bonds. The van der Waals surface area contributed by atoms with Gasteiger partial charge < -0.3 is 29.7 Å². The maximum absolute atomic E-state index is 13.2. The molecule has 0 atom stereocenters. The number of hydrogen-bond donors (Lipinski definition) is 3. The zero-order valence-electron chi connectivity index (χ0n) is 25.1. The molecule has 0 aliphatic carbocycles. The summed E-state index contributed by atoms with van der Waals surface area (Å²) in [6, 6.07) is 14.7. The van der Waals surface area contributed by atoms with Crippen molar-refractivity contribution < 1.29 is 33.4 Å². The minimum Gasteiger partial charge on any atom is -0.496 e. The lowest BCUT2D eigenvalue weighted by Gasteiger charge is -2.42. The average molecular weight is 583 g/mol. The molecular formula is C31H42N4O7. The standard InChI is InChI=1S/C31H42N4O7/c1-6-22-11-13-24(14-12-22)33-29(39)41-21-31(34-26(36)19-23-9-7-8-10-25(23)40-5)15-17-35(18-16-31)27(37)20-32-28(38)42-30(2,3)4/h7-14H,6,15-21H2,1-5H3,(H,32,38)(H,33,39)(H,34,36). The molecule has 3 N–H and O–H groups in total. The van der Waals surface area contributed by atoms with E-state index in [4.69, 9.17) is 14.2 Å². The molecular weight excluding hydrogens is 540 g/mol. The molecule has 1 aliphatic rings. The van der Waals surface area contributed by atoms with Gasteiger partial charge in [-0.1, -0.05) is 37.3 Å². The van der Waals surface area contributed by atoms with Gasteiger partial charge in [-0.2, -0.15) is 0 Å². The van der Waals surface area contributed by atoms with Gasteiger partial charge in [0.05, 0.1) is 19.1 Å². The molecule has 228 valence electrons. The van der Waals surface area contributed by atoms with E-state index in [0.29, 0.717) is 37.4 Å². The number of para-hydroxylation sites is 1. The summed E-state index contributed by atoms with van der Waals surface area (Å²) in [4.78, 5) is 52.2.